The molecule has 1 N–H and O–H groups in total. The van der Waals surface area contributed by atoms with E-state index in [9.17, 15) is 9.18 Å². The molecule has 2 atom stereocenters. The van der Waals surface area contributed by atoms with Crippen LogP contribution in [-0.4, -0.2) is 42.0 Å². The Kier molecular flexibility index (Phi) is 5.34. The van der Waals surface area contributed by atoms with Gasteiger partial charge in [0.1, 0.15) is 23.9 Å². The molecule has 144 valence electrons. The van der Waals surface area contributed by atoms with E-state index >= 15 is 0 Å². The van der Waals surface area contributed by atoms with Gasteiger partial charge in [-0.2, -0.15) is 0 Å². The first-order chi connectivity index (χ1) is 13.7. The number of hydrogen-bond acceptors (Lipinski definition) is 5. The highest BCUT2D eigenvalue weighted by Crippen LogP contribution is 2.31. The molecule has 0 saturated carbocycles. The van der Waals surface area contributed by atoms with Crippen molar-refractivity contribution in [3.63, 3.8) is 0 Å². The quantitative estimate of drug-likeness (QED) is 0.665. The second kappa shape index (κ2) is 8.22. The van der Waals surface area contributed by atoms with Gasteiger partial charge in [-0.15, -0.1) is 0 Å². The van der Waals surface area contributed by atoms with Crippen molar-refractivity contribution in [1.29, 1.82) is 0 Å². The van der Waals surface area contributed by atoms with Gasteiger partial charge < -0.3 is 19.4 Å². The van der Waals surface area contributed by atoms with Crippen molar-refractivity contribution < 1.29 is 18.3 Å². The third kappa shape index (κ3) is 3.89. The molecule has 1 fully saturated rings. The topological polar surface area (TPSA) is 67.6 Å². The summed E-state index contributed by atoms with van der Waals surface area (Å²) in [5, 5.41) is 3.43. The van der Waals surface area contributed by atoms with Crippen LogP contribution >= 0.6 is 0 Å². The monoisotopic (exact) mass is 381 g/mol. The van der Waals surface area contributed by atoms with Crippen LogP contribution in [0.5, 0.6) is 5.75 Å². The van der Waals surface area contributed by atoms with Gasteiger partial charge in [0.2, 0.25) is 6.41 Å². The van der Waals surface area contributed by atoms with E-state index < -0.39 is 0 Å². The highest BCUT2D eigenvalue weighted by Gasteiger charge is 2.31. The van der Waals surface area contributed by atoms with Crippen molar-refractivity contribution in [2.45, 2.75) is 12.1 Å². The zero-order chi connectivity index (χ0) is 19.3. The fourth-order valence-electron chi connectivity index (χ4n) is 3.36. The molecule has 1 aliphatic heterocycles. The average molecular weight is 381 g/mol. The molecule has 0 aliphatic carbocycles. The molecule has 3 heterocycles. The van der Waals surface area contributed by atoms with Gasteiger partial charge in [0.15, 0.2) is 0 Å². The molecule has 2 unspecified atom stereocenters. The standard InChI is InChI=1S/C21H20FN3O3/c22-16-5-3-15(4-6-16)19-7-9-27-21(19)20-12-25(14-26)17(10-24-20)13-28-18-2-1-8-23-11-18/h1-9,11,14,17,20,24H,10,12-13H2. The Morgan fingerprint density at radius 2 is 2.14 bits per heavy atom. The van der Waals surface area contributed by atoms with Gasteiger partial charge in [-0.25, -0.2) is 4.39 Å². The lowest BCUT2D eigenvalue weighted by molar-refractivity contribution is -0.122. The van der Waals surface area contributed by atoms with Crippen LogP contribution in [0.25, 0.3) is 11.1 Å². The number of rotatable bonds is 6. The predicted octanol–water partition coefficient (Wildman–Crippen LogP) is 3.03. The van der Waals surface area contributed by atoms with E-state index in [-0.39, 0.29) is 17.9 Å². The molecule has 6 nitrogen and oxygen atoms in total. The molecule has 1 aliphatic rings. The number of halogens is 1. The van der Waals surface area contributed by atoms with Crippen LogP contribution in [0.3, 0.4) is 0 Å². The van der Waals surface area contributed by atoms with Crippen molar-refractivity contribution in [1.82, 2.24) is 15.2 Å². The average Bonchev–Trinajstić information content (AvgIpc) is 3.23. The van der Waals surface area contributed by atoms with Crippen molar-refractivity contribution in [3.8, 4) is 16.9 Å². The van der Waals surface area contributed by atoms with E-state index in [1.807, 2.05) is 12.1 Å². The second-order valence-electron chi connectivity index (χ2n) is 6.62. The Morgan fingerprint density at radius 1 is 1.29 bits per heavy atom. The number of amides is 1. The molecule has 28 heavy (non-hydrogen) atoms. The fraction of sp³-hybridized carbons (Fsp3) is 0.238. The van der Waals surface area contributed by atoms with Crippen LogP contribution < -0.4 is 10.1 Å². The minimum absolute atomic E-state index is 0.0989. The minimum Gasteiger partial charge on any atom is -0.490 e. The fourth-order valence-corrected chi connectivity index (χ4v) is 3.36. The Hall–Kier alpha value is -3.19. The molecule has 0 spiro atoms. The number of ether oxygens (including phenoxy) is 1. The van der Waals surface area contributed by atoms with E-state index in [1.165, 1.54) is 12.1 Å². The Balaban J connectivity index is 1.45. The summed E-state index contributed by atoms with van der Waals surface area (Å²) in [6, 6.07) is 11.5. The summed E-state index contributed by atoms with van der Waals surface area (Å²) >= 11 is 0. The van der Waals surface area contributed by atoms with Crippen molar-refractivity contribution in [2.24, 2.45) is 0 Å². The third-order valence-electron chi connectivity index (χ3n) is 4.84. The predicted molar refractivity (Wildman–Crippen MR) is 101 cm³/mol. The largest absolute Gasteiger partial charge is 0.490 e. The van der Waals surface area contributed by atoms with Gasteiger partial charge in [0.25, 0.3) is 0 Å². The Morgan fingerprint density at radius 3 is 2.89 bits per heavy atom. The number of piperazine rings is 1. The zero-order valence-corrected chi connectivity index (χ0v) is 15.1. The molecule has 4 rings (SSSR count). The number of furan rings is 1. The number of benzene rings is 1. The smallest absolute Gasteiger partial charge is 0.210 e. The molecular formula is C21H20FN3O3. The molecular weight excluding hydrogens is 361 g/mol. The molecule has 2 aromatic heterocycles. The van der Waals surface area contributed by atoms with Crippen LogP contribution in [0.15, 0.2) is 65.5 Å². The molecule has 3 aromatic rings. The lowest BCUT2D eigenvalue weighted by Crippen LogP contribution is -2.54. The van der Waals surface area contributed by atoms with Crippen LogP contribution in [0, 0.1) is 5.82 Å². The van der Waals surface area contributed by atoms with Gasteiger partial charge in [0.05, 0.1) is 24.5 Å². The van der Waals surface area contributed by atoms with Gasteiger partial charge in [-0.05, 0) is 35.9 Å². The van der Waals surface area contributed by atoms with Gasteiger partial charge in [-0.1, -0.05) is 12.1 Å². The summed E-state index contributed by atoms with van der Waals surface area (Å²) in [5.41, 5.74) is 1.75. The first-order valence-electron chi connectivity index (χ1n) is 9.05. The number of carbonyl (C=O) groups excluding carboxylic acids is 1. The first-order valence-corrected chi connectivity index (χ1v) is 9.05. The zero-order valence-electron chi connectivity index (χ0n) is 15.1. The second-order valence-corrected chi connectivity index (χ2v) is 6.62. The SMILES string of the molecule is O=CN1CC(c2occc2-c2ccc(F)cc2)NCC1COc1cccnc1. The Bertz CT molecular complexity index is 914. The van der Waals surface area contributed by atoms with E-state index in [0.29, 0.717) is 25.4 Å². The highest BCUT2D eigenvalue weighted by atomic mass is 19.1. The summed E-state index contributed by atoms with van der Waals surface area (Å²) in [4.78, 5) is 17.4. The minimum atomic E-state index is -0.284. The summed E-state index contributed by atoms with van der Waals surface area (Å²) in [5.74, 6) is 1.11. The van der Waals surface area contributed by atoms with Gasteiger partial charge in [0, 0.05) is 24.8 Å². The van der Waals surface area contributed by atoms with Crippen LogP contribution in [0.1, 0.15) is 11.8 Å². The highest BCUT2D eigenvalue weighted by molar-refractivity contribution is 5.66. The normalized spacial score (nSPS) is 19.4. The number of nitrogens with zero attached hydrogens (tertiary/aromatic N) is 2. The molecule has 0 radical (unpaired) electrons. The molecule has 1 aromatic carbocycles. The van der Waals surface area contributed by atoms with E-state index in [2.05, 4.69) is 10.3 Å². The van der Waals surface area contributed by atoms with E-state index in [1.54, 1.807) is 41.8 Å². The van der Waals surface area contributed by atoms with E-state index in [0.717, 1.165) is 23.3 Å². The lowest BCUT2D eigenvalue weighted by Gasteiger charge is -2.37. The number of nitrogens with one attached hydrogen (secondary N) is 1. The summed E-state index contributed by atoms with van der Waals surface area (Å²) in [6.07, 6.45) is 5.77. The lowest BCUT2D eigenvalue weighted by atomic mass is 10.0. The molecule has 0 bridgehead atoms. The number of aromatic nitrogens is 1. The van der Waals surface area contributed by atoms with Crippen molar-refractivity contribution in [3.05, 3.63) is 72.7 Å². The number of hydrogen-bond donors (Lipinski definition) is 1. The number of pyridine rings is 1. The maximum absolute atomic E-state index is 13.2. The summed E-state index contributed by atoms with van der Waals surface area (Å²) < 4.78 is 24.7. The maximum Gasteiger partial charge on any atom is 0.210 e. The van der Waals surface area contributed by atoms with E-state index in [4.69, 9.17) is 9.15 Å². The van der Waals surface area contributed by atoms with Gasteiger partial charge in [-0.3, -0.25) is 9.78 Å². The summed E-state index contributed by atoms with van der Waals surface area (Å²) in [7, 11) is 0. The van der Waals surface area contributed by atoms with Crippen LogP contribution in [0.2, 0.25) is 0 Å². The van der Waals surface area contributed by atoms with Crippen molar-refractivity contribution >= 4 is 6.41 Å². The maximum atomic E-state index is 13.2. The summed E-state index contributed by atoms with van der Waals surface area (Å²) in [6.45, 7) is 1.38. The molecule has 1 amide bonds. The van der Waals surface area contributed by atoms with Crippen molar-refractivity contribution in [2.75, 3.05) is 19.7 Å². The molecule has 7 heteroatoms. The van der Waals surface area contributed by atoms with Crippen LogP contribution in [0.4, 0.5) is 4.39 Å². The Labute approximate surface area is 161 Å². The first kappa shape index (κ1) is 18.2. The molecule has 1 saturated heterocycles. The van der Waals surface area contributed by atoms with Crippen LogP contribution in [-0.2, 0) is 4.79 Å². The number of carbonyl (C=O) groups is 1. The third-order valence-corrected chi connectivity index (χ3v) is 4.84. The van der Waals surface area contributed by atoms with Gasteiger partial charge >= 0.3 is 0 Å².